The van der Waals surface area contributed by atoms with E-state index in [9.17, 15) is 4.79 Å². The third kappa shape index (κ3) is 1.67. The predicted molar refractivity (Wildman–Crippen MR) is 56.6 cm³/mol. The molecule has 0 aromatic rings. The van der Waals surface area contributed by atoms with Crippen LogP contribution in [0.4, 0.5) is 0 Å². The zero-order valence-electron chi connectivity index (χ0n) is 9.67. The molecule has 1 unspecified atom stereocenters. The number of hydrogen-bond acceptors (Lipinski definition) is 3. The quantitative estimate of drug-likeness (QED) is 0.385. The summed E-state index contributed by atoms with van der Waals surface area (Å²) < 4.78 is 10.8. The molecule has 0 radical (unpaired) electrons. The van der Waals surface area contributed by atoms with Crippen LogP contribution in [-0.4, -0.2) is 23.8 Å². The lowest BCUT2D eigenvalue weighted by Gasteiger charge is -2.11. The van der Waals surface area contributed by atoms with Crippen LogP contribution in [0, 0.1) is 0 Å². The minimum absolute atomic E-state index is 0.0903. The first kappa shape index (κ1) is 10.9. The number of esters is 1. The molecule has 3 heteroatoms. The summed E-state index contributed by atoms with van der Waals surface area (Å²) in [5.41, 5.74) is -0.634. The predicted octanol–water partition coefficient (Wildman–Crippen LogP) is 2.43. The number of carbonyl (C=O) groups excluding carboxylic acids is 1. The first-order chi connectivity index (χ1) is 7.21. The lowest BCUT2D eigenvalue weighted by molar-refractivity contribution is -0.149. The van der Waals surface area contributed by atoms with Gasteiger partial charge in [-0.2, -0.15) is 0 Å². The van der Waals surface area contributed by atoms with Crippen molar-refractivity contribution in [1.29, 1.82) is 0 Å². The summed E-state index contributed by atoms with van der Waals surface area (Å²) in [6.45, 7) is 4.46. The summed E-state index contributed by atoms with van der Waals surface area (Å²) in [5.74, 6) is -0.126. The Hall–Kier alpha value is -0.570. The molecule has 1 aliphatic heterocycles. The summed E-state index contributed by atoms with van der Waals surface area (Å²) in [4.78, 5) is 11.8. The van der Waals surface area contributed by atoms with Crippen molar-refractivity contribution in [3.63, 3.8) is 0 Å². The zero-order valence-corrected chi connectivity index (χ0v) is 9.67. The van der Waals surface area contributed by atoms with Crippen LogP contribution in [0.15, 0.2) is 0 Å². The summed E-state index contributed by atoms with van der Waals surface area (Å²) >= 11 is 0. The monoisotopic (exact) mass is 212 g/mol. The Balaban J connectivity index is 1.91. The third-order valence-electron chi connectivity index (χ3n) is 3.51. The number of ether oxygens (including phenoxy) is 2. The highest BCUT2D eigenvalue weighted by Gasteiger charge is 2.81. The number of epoxide rings is 1. The molecule has 0 aromatic heterocycles. The molecule has 3 nitrogen and oxygen atoms in total. The van der Waals surface area contributed by atoms with Crippen molar-refractivity contribution in [3.8, 4) is 0 Å². The number of carbonyl (C=O) groups is 1. The number of hydrogen-bond donors (Lipinski definition) is 0. The van der Waals surface area contributed by atoms with E-state index < -0.39 is 5.60 Å². The van der Waals surface area contributed by atoms with Crippen LogP contribution >= 0.6 is 0 Å². The second-order valence-electron chi connectivity index (χ2n) is 4.60. The van der Waals surface area contributed by atoms with Gasteiger partial charge in [-0.3, -0.25) is 0 Å². The summed E-state index contributed by atoms with van der Waals surface area (Å²) in [7, 11) is 0. The van der Waals surface area contributed by atoms with Gasteiger partial charge in [0.25, 0.3) is 0 Å². The second kappa shape index (κ2) is 3.78. The smallest absolute Gasteiger partial charge is 0.341 e. The fourth-order valence-electron chi connectivity index (χ4n) is 2.41. The third-order valence-corrected chi connectivity index (χ3v) is 3.51. The van der Waals surface area contributed by atoms with Crippen LogP contribution in [0.25, 0.3) is 0 Å². The topological polar surface area (TPSA) is 38.8 Å². The van der Waals surface area contributed by atoms with E-state index in [1.165, 1.54) is 12.8 Å². The Morgan fingerprint density at radius 2 is 2.07 bits per heavy atom. The van der Waals surface area contributed by atoms with E-state index in [4.69, 9.17) is 9.47 Å². The summed E-state index contributed by atoms with van der Waals surface area (Å²) in [6, 6.07) is 0. The van der Waals surface area contributed by atoms with Crippen molar-refractivity contribution in [2.45, 2.75) is 63.6 Å². The van der Waals surface area contributed by atoms with Crippen molar-refractivity contribution in [1.82, 2.24) is 0 Å². The van der Waals surface area contributed by atoms with Gasteiger partial charge >= 0.3 is 5.97 Å². The summed E-state index contributed by atoms with van der Waals surface area (Å²) in [5, 5.41) is 0. The Morgan fingerprint density at radius 3 is 2.53 bits per heavy atom. The maximum Gasteiger partial charge on any atom is 0.341 e. The zero-order chi connectivity index (χ0) is 10.9. The van der Waals surface area contributed by atoms with Gasteiger partial charge in [0.2, 0.25) is 0 Å². The average Bonchev–Trinajstić information content (AvgIpc) is 3.09. The highest BCUT2D eigenvalue weighted by molar-refractivity contribution is 5.86. The minimum atomic E-state index is -0.543. The molecule has 2 rings (SSSR count). The van der Waals surface area contributed by atoms with Crippen molar-refractivity contribution in [3.05, 3.63) is 0 Å². The molecule has 0 amide bonds. The fraction of sp³-hybridized carbons (Fsp3) is 0.917. The van der Waals surface area contributed by atoms with Gasteiger partial charge in [0.05, 0.1) is 6.61 Å². The molecule has 1 spiro atoms. The van der Waals surface area contributed by atoms with Gasteiger partial charge in [-0.25, -0.2) is 4.79 Å². The Labute approximate surface area is 91.1 Å². The molecule has 1 atom stereocenters. The van der Waals surface area contributed by atoms with E-state index in [-0.39, 0.29) is 11.6 Å². The van der Waals surface area contributed by atoms with E-state index in [2.05, 4.69) is 6.92 Å². The van der Waals surface area contributed by atoms with Crippen LogP contribution in [-0.2, 0) is 14.3 Å². The standard InChI is InChI=1S/C12H20O3/c1-3-5-6-7-12(10(13)14-4-2)11(15-12)8-9-11/h3-9H2,1-2H3. The molecule has 2 aliphatic rings. The number of rotatable bonds is 6. The van der Waals surface area contributed by atoms with Gasteiger partial charge in [0.1, 0.15) is 5.60 Å². The van der Waals surface area contributed by atoms with E-state index >= 15 is 0 Å². The molecule has 0 aromatic carbocycles. The molecule has 0 bridgehead atoms. The highest BCUT2D eigenvalue weighted by atomic mass is 16.7. The van der Waals surface area contributed by atoms with Crippen molar-refractivity contribution in [2.75, 3.05) is 6.61 Å². The van der Waals surface area contributed by atoms with Gasteiger partial charge in [-0.1, -0.05) is 19.8 Å². The highest BCUT2D eigenvalue weighted by Crippen LogP contribution is 2.67. The molecule has 0 N–H and O–H groups in total. The Morgan fingerprint density at radius 1 is 1.33 bits per heavy atom. The van der Waals surface area contributed by atoms with Crippen molar-refractivity contribution >= 4 is 5.97 Å². The molecule has 1 saturated heterocycles. The van der Waals surface area contributed by atoms with Gasteiger partial charge in [-0.15, -0.1) is 0 Å². The van der Waals surface area contributed by atoms with Gasteiger partial charge < -0.3 is 9.47 Å². The normalized spacial score (nSPS) is 30.3. The molecular weight excluding hydrogens is 192 g/mol. The van der Waals surface area contributed by atoms with Gasteiger partial charge in [0.15, 0.2) is 5.60 Å². The molecular formula is C12H20O3. The lowest BCUT2D eigenvalue weighted by atomic mass is 9.96. The van der Waals surface area contributed by atoms with Crippen molar-refractivity contribution in [2.24, 2.45) is 0 Å². The Kier molecular flexibility index (Phi) is 2.75. The van der Waals surface area contributed by atoms with Crippen LogP contribution in [0.2, 0.25) is 0 Å². The van der Waals surface area contributed by atoms with Crippen LogP contribution in [0.3, 0.4) is 0 Å². The average molecular weight is 212 g/mol. The van der Waals surface area contributed by atoms with Crippen LogP contribution in [0.1, 0.15) is 52.4 Å². The first-order valence-corrected chi connectivity index (χ1v) is 6.08. The maximum atomic E-state index is 11.8. The molecule has 1 saturated carbocycles. The van der Waals surface area contributed by atoms with Crippen molar-refractivity contribution < 1.29 is 14.3 Å². The van der Waals surface area contributed by atoms with E-state index in [1.807, 2.05) is 6.92 Å². The first-order valence-electron chi connectivity index (χ1n) is 6.08. The lowest BCUT2D eigenvalue weighted by Crippen LogP contribution is -2.30. The molecule has 1 aliphatic carbocycles. The van der Waals surface area contributed by atoms with Crippen LogP contribution in [0.5, 0.6) is 0 Å². The fourth-order valence-corrected chi connectivity index (χ4v) is 2.41. The number of unbranched alkanes of at least 4 members (excludes halogenated alkanes) is 2. The van der Waals surface area contributed by atoms with Gasteiger partial charge in [0, 0.05) is 0 Å². The minimum Gasteiger partial charge on any atom is -0.464 e. The van der Waals surface area contributed by atoms with E-state index in [0.717, 1.165) is 25.7 Å². The second-order valence-corrected chi connectivity index (χ2v) is 4.60. The molecule has 15 heavy (non-hydrogen) atoms. The molecule has 86 valence electrons. The largest absolute Gasteiger partial charge is 0.464 e. The molecule has 1 heterocycles. The van der Waals surface area contributed by atoms with Gasteiger partial charge in [-0.05, 0) is 32.6 Å². The maximum absolute atomic E-state index is 11.8. The summed E-state index contributed by atoms with van der Waals surface area (Å²) in [6.07, 6.45) is 6.33. The Bertz CT molecular complexity index is 258. The van der Waals surface area contributed by atoms with E-state index in [1.54, 1.807) is 0 Å². The van der Waals surface area contributed by atoms with Crippen LogP contribution < -0.4 is 0 Å². The molecule has 2 fully saturated rings. The SMILES string of the molecule is CCCCCC1(C(=O)OCC)OC12CC2. The van der Waals surface area contributed by atoms with E-state index in [0.29, 0.717) is 6.61 Å².